The second kappa shape index (κ2) is 8.68. The number of aliphatic hydroxyl groups excluding tert-OH is 1. The molecule has 0 aliphatic heterocycles. The van der Waals surface area contributed by atoms with Crippen molar-refractivity contribution < 1.29 is 19.8 Å². The SMILES string of the molecule is O=C(O)/C(O)=C/C(=O)c1nc2c(=O)n(Cc3ccccc3)cnc2n1Cc1ccccc1. The lowest BCUT2D eigenvalue weighted by Gasteiger charge is -2.08. The van der Waals surface area contributed by atoms with Gasteiger partial charge < -0.3 is 14.8 Å². The third-order valence-electron chi connectivity index (χ3n) is 4.81. The van der Waals surface area contributed by atoms with Gasteiger partial charge in [0.15, 0.2) is 17.0 Å². The maximum Gasteiger partial charge on any atom is 0.371 e. The lowest BCUT2D eigenvalue weighted by atomic mass is 10.2. The largest absolute Gasteiger partial charge is 0.502 e. The van der Waals surface area contributed by atoms with Crippen molar-refractivity contribution in [2.75, 3.05) is 0 Å². The van der Waals surface area contributed by atoms with E-state index in [-0.39, 0.29) is 30.1 Å². The van der Waals surface area contributed by atoms with Crippen LogP contribution in [-0.2, 0) is 17.9 Å². The van der Waals surface area contributed by atoms with Crippen LogP contribution in [0.5, 0.6) is 0 Å². The molecule has 0 spiro atoms. The van der Waals surface area contributed by atoms with E-state index in [2.05, 4.69) is 9.97 Å². The van der Waals surface area contributed by atoms with Crippen molar-refractivity contribution in [1.82, 2.24) is 19.1 Å². The smallest absolute Gasteiger partial charge is 0.371 e. The normalized spacial score (nSPS) is 11.6. The predicted octanol–water partition coefficient (Wildman–Crippen LogP) is 2.40. The highest BCUT2D eigenvalue weighted by Gasteiger charge is 2.22. The summed E-state index contributed by atoms with van der Waals surface area (Å²) in [6.07, 6.45) is 1.95. The van der Waals surface area contributed by atoms with Crippen LogP contribution in [0.3, 0.4) is 0 Å². The van der Waals surface area contributed by atoms with E-state index in [1.165, 1.54) is 15.5 Å². The molecule has 32 heavy (non-hydrogen) atoms. The van der Waals surface area contributed by atoms with Gasteiger partial charge in [0.2, 0.25) is 11.5 Å². The zero-order valence-corrected chi connectivity index (χ0v) is 16.8. The molecule has 0 amide bonds. The van der Waals surface area contributed by atoms with Crippen molar-refractivity contribution in [2.45, 2.75) is 13.1 Å². The number of benzene rings is 2. The number of allylic oxidation sites excluding steroid dienone is 1. The van der Waals surface area contributed by atoms with Gasteiger partial charge in [0.1, 0.15) is 6.33 Å². The second-order valence-electron chi connectivity index (χ2n) is 7.04. The highest BCUT2D eigenvalue weighted by Crippen LogP contribution is 2.16. The maximum atomic E-state index is 13.1. The number of aliphatic carboxylic acids is 1. The van der Waals surface area contributed by atoms with Crippen molar-refractivity contribution in [3.8, 4) is 0 Å². The zero-order chi connectivity index (χ0) is 22.7. The highest BCUT2D eigenvalue weighted by molar-refractivity contribution is 6.07. The number of carboxylic acid groups (broad SMARTS) is 1. The molecule has 2 N–H and O–H groups in total. The van der Waals surface area contributed by atoms with Crippen LogP contribution in [-0.4, -0.2) is 41.1 Å². The first-order chi connectivity index (χ1) is 15.4. The summed E-state index contributed by atoms with van der Waals surface area (Å²) in [4.78, 5) is 45.3. The molecule has 0 aliphatic rings. The minimum Gasteiger partial charge on any atom is -0.502 e. The third-order valence-corrected chi connectivity index (χ3v) is 4.81. The van der Waals surface area contributed by atoms with E-state index in [0.29, 0.717) is 6.08 Å². The highest BCUT2D eigenvalue weighted by atomic mass is 16.4. The molecule has 9 heteroatoms. The average molecular weight is 430 g/mol. The Hall–Kier alpha value is -4.53. The fraction of sp³-hybridized carbons (Fsp3) is 0.0870. The molecule has 0 saturated heterocycles. The molecule has 4 aromatic rings. The number of aromatic nitrogens is 4. The first-order valence-corrected chi connectivity index (χ1v) is 9.66. The Morgan fingerprint density at radius 1 is 0.906 bits per heavy atom. The van der Waals surface area contributed by atoms with E-state index in [1.54, 1.807) is 0 Å². The van der Waals surface area contributed by atoms with Crippen molar-refractivity contribution in [3.05, 3.63) is 106 Å². The van der Waals surface area contributed by atoms with Crippen LogP contribution in [0.2, 0.25) is 0 Å². The molecule has 0 atom stereocenters. The number of carbonyl (C=O) groups is 2. The lowest BCUT2D eigenvalue weighted by molar-refractivity contribution is -0.135. The number of nitrogens with zero attached hydrogens (tertiary/aromatic N) is 4. The number of carbonyl (C=O) groups excluding carboxylic acids is 1. The summed E-state index contributed by atoms with van der Waals surface area (Å²) in [6.45, 7) is 0.451. The van der Waals surface area contributed by atoms with Crippen LogP contribution in [0, 0.1) is 0 Å². The van der Waals surface area contributed by atoms with Gasteiger partial charge in [-0.15, -0.1) is 0 Å². The van der Waals surface area contributed by atoms with Gasteiger partial charge in [-0.05, 0) is 11.1 Å². The number of fused-ring (bicyclic) bond motifs is 1. The number of hydrogen-bond donors (Lipinski definition) is 2. The number of aliphatic hydroxyl groups is 1. The Balaban J connectivity index is 1.84. The summed E-state index contributed by atoms with van der Waals surface area (Å²) in [5.74, 6) is -3.82. The molecule has 2 aromatic carbocycles. The Morgan fingerprint density at radius 3 is 2.09 bits per heavy atom. The molecule has 0 radical (unpaired) electrons. The molecule has 0 unspecified atom stereocenters. The quantitative estimate of drug-likeness (QED) is 0.262. The van der Waals surface area contributed by atoms with E-state index in [4.69, 9.17) is 5.11 Å². The van der Waals surface area contributed by atoms with Crippen LogP contribution in [0.4, 0.5) is 0 Å². The number of imidazole rings is 1. The molecule has 4 rings (SSSR count). The van der Waals surface area contributed by atoms with Gasteiger partial charge in [-0.1, -0.05) is 60.7 Å². The first-order valence-electron chi connectivity index (χ1n) is 9.66. The van der Waals surface area contributed by atoms with E-state index in [0.717, 1.165) is 11.1 Å². The Labute approximate surface area is 181 Å². The molecule has 160 valence electrons. The van der Waals surface area contributed by atoms with Crippen molar-refractivity contribution in [1.29, 1.82) is 0 Å². The summed E-state index contributed by atoms with van der Waals surface area (Å²) in [5, 5.41) is 18.4. The summed E-state index contributed by atoms with van der Waals surface area (Å²) in [7, 11) is 0. The van der Waals surface area contributed by atoms with Crippen LogP contribution in [0.1, 0.15) is 21.7 Å². The van der Waals surface area contributed by atoms with Crippen molar-refractivity contribution >= 4 is 22.9 Å². The number of carboxylic acids is 1. The molecule has 0 saturated carbocycles. The summed E-state index contributed by atoms with van der Waals surface area (Å²) in [5.41, 5.74) is 1.44. The average Bonchev–Trinajstić information content (AvgIpc) is 3.16. The van der Waals surface area contributed by atoms with Crippen LogP contribution in [0.25, 0.3) is 11.2 Å². The molecule has 2 aromatic heterocycles. The second-order valence-corrected chi connectivity index (χ2v) is 7.04. The minimum absolute atomic E-state index is 0.0223. The van der Waals surface area contributed by atoms with Gasteiger partial charge >= 0.3 is 5.97 Å². The van der Waals surface area contributed by atoms with Crippen molar-refractivity contribution in [2.24, 2.45) is 0 Å². The minimum atomic E-state index is -1.65. The van der Waals surface area contributed by atoms with E-state index < -0.39 is 23.1 Å². The standard InChI is InChI=1S/C23H18N4O5/c28-17(11-18(29)23(31)32)20-25-19-21(27(20)13-16-9-5-2-6-10-16)24-14-26(22(19)30)12-15-7-3-1-4-8-15/h1-11,14,29H,12-13H2,(H,31,32)/b18-11-. The Kier molecular flexibility index (Phi) is 5.63. The third kappa shape index (κ3) is 4.17. The molecule has 0 fully saturated rings. The van der Waals surface area contributed by atoms with Crippen LogP contribution >= 0.6 is 0 Å². The van der Waals surface area contributed by atoms with Gasteiger partial charge in [-0.3, -0.25) is 14.2 Å². The van der Waals surface area contributed by atoms with Gasteiger partial charge in [0.25, 0.3) is 5.56 Å². The lowest BCUT2D eigenvalue weighted by Crippen LogP contribution is -2.21. The Morgan fingerprint density at radius 2 is 1.50 bits per heavy atom. The zero-order valence-electron chi connectivity index (χ0n) is 16.8. The topological polar surface area (TPSA) is 127 Å². The predicted molar refractivity (Wildman–Crippen MR) is 116 cm³/mol. The molecule has 0 aliphatic carbocycles. The number of rotatable bonds is 7. The van der Waals surface area contributed by atoms with E-state index in [9.17, 15) is 19.5 Å². The van der Waals surface area contributed by atoms with Crippen LogP contribution in [0.15, 0.2) is 83.6 Å². The summed E-state index contributed by atoms with van der Waals surface area (Å²) < 4.78 is 2.82. The number of ketones is 1. The van der Waals surface area contributed by atoms with Gasteiger partial charge in [-0.2, -0.15) is 0 Å². The first kappa shape index (κ1) is 20.7. The summed E-state index contributed by atoms with van der Waals surface area (Å²) in [6, 6.07) is 18.5. The number of hydrogen-bond acceptors (Lipinski definition) is 6. The fourth-order valence-electron chi connectivity index (χ4n) is 3.28. The molecular weight excluding hydrogens is 412 g/mol. The van der Waals surface area contributed by atoms with Gasteiger partial charge in [-0.25, -0.2) is 14.8 Å². The molecule has 2 heterocycles. The fourth-order valence-corrected chi connectivity index (χ4v) is 3.28. The molecular formula is C23H18N4O5. The van der Waals surface area contributed by atoms with E-state index >= 15 is 0 Å². The van der Waals surface area contributed by atoms with Gasteiger partial charge in [0.05, 0.1) is 13.1 Å². The maximum absolute atomic E-state index is 13.1. The van der Waals surface area contributed by atoms with Gasteiger partial charge in [0, 0.05) is 6.08 Å². The van der Waals surface area contributed by atoms with Crippen molar-refractivity contribution in [3.63, 3.8) is 0 Å². The monoisotopic (exact) mass is 430 g/mol. The molecule has 0 bridgehead atoms. The summed E-state index contributed by atoms with van der Waals surface area (Å²) >= 11 is 0. The Bertz CT molecular complexity index is 1390. The molecule has 9 nitrogen and oxygen atoms in total. The van der Waals surface area contributed by atoms with E-state index in [1.807, 2.05) is 60.7 Å². The van der Waals surface area contributed by atoms with Crippen LogP contribution < -0.4 is 5.56 Å².